The first-order valence-electron chi connectivity index (χ1n) is 7.67. The molecule has 1 aliphatic rings. The van der Waals surface area contributed by atoms with Crippen molar-refractivity contribution in [1.82, 2.24) is 9.88 Å². The Hall–Kier alpha value is -1.47. The number of aromatic nitrogens is 1. The molecule has 2 aromatic rings. The van der Waals surface area contributed by atoms with Crippen LogP contribution in [-0.4, -0.2) is 42.8 Å². The average Bonchev–Trinajstić information content (AvgIpc) is 3.08. The average molecular weight is 352 g/mol. The molecule has 1 fully saturated rings. The maximum absolute atomic E-state index is 12.4. The zero-order valence-corrected chi connectivity index (χ0v) is 14.9. The number of hydrogen-bond donors (Lipinski definition) is 0. The van der Waals surface area contributed by atoms with Crippen LogP contribution in [0, 0.1) is 5.92 Å². The summed E-state index contributed by atoms with van der Waals surface area (Å²) in [5.74, 6) is 0.292. The summed E-state index contributed by atoms with van der Waals surface area (Å²) in [7, 11) is -1.17. The van der Waals surface area contributed by atoms with E-state index in [1.807, 2.05) is 31.2 Å². The minimum absolute atomic E-state index is 0.0149. The quantitative estimate of drug-likeness (QED) is 0.848. The second-order valence-electron chi connectivity index (χ2n) is 6.17. The van der Waals surface area contributed by atoms with Crippen molar-refractivity contribution in [1.29, 1.82) is 0 Å². The number of sulfone groups is 1. The molecule has 1 aromatic heterocycles. The maximum atomic E-state index is 12.4. The van der Waals surface area contributed by atoms with Gasteiger partial charge < -0.3 is 4.90 Å². The van der Waals surface area contributed by atoms with Crippen molar-refractivity contribution >= 4 is 37.3 Å². The van der Waals surface area contributed by atoms with Gasteiger partial charge in [0.1, 0.15) is 5.01 Å². The molecule has 1 aromatic carbocycles. The van der Waals surface area contributed by atoms with E-state index in [0.717, 1.165) is 15.2 Å². The normalized spacial score (nSPS) is 21.4. The number of amides is 1. The lowest BCUT2D eigenvalue weighted by atomic mass is 10.0. The predicted octanol–water partition coefficient (Wildman–Crippen LogP) is 2.64. The summed E-state index contributed by atoms with van der Waals surface area (Å²) in [5.41, 5.74) is 0.946. The van der Waals surface area contributed by atoms with E-state index in [0.29, 0.717) is 12.8 Å². The van der Waals surface area contributed by atoms with Crippen LogP contribution < -0.4 is 0 Å². The Balaban J connectivity index is 1.69. The first-order valence-corrected chi connectivity index (χ1v) is 10.3. The molecule has 0 spiro atoms. The lowest BCUT2D eigenvalue weighted by molar-refractivity contribution is -0.132. The van der Waals surface area contributed by atoms with Crippen molar-refractivity contribution in [3.8, 4) is 0 Å². The van der Waals surface area contributed by atoms with Gasteiger partial charge in [-0.1, -0.05) is 12.1 Å². The van der Waals surface area contributed by atoms with Gasteiger partial charge >= 0.3 is 0 Å². The van der Waals surface area contributed by atoms with Crippen molar-refractivity contribution in [3.05, 3.63) is 29.3 Å². The molecule has 2 atom stereocenters. The molecule has 1 aliphatic heterocycles. The summed E-state index contributed by atoms with van der Waals surface area (Å²) in [6, 6.07) is 7.80. The van der Waals surface area contributed by atoms with E-state index in [-0.39, 0.29) is 29.4 Å². The van der Waals surface area contributed by atoms with Crippen LogP contribution in [-0.2, 0) is 14.6 Å². The van der Waals surface area contributed by atoms with Gasteiger partial charge in [0.25, 0.3) is 0 Å². The number of hydrogen-bond acceptors (Lipinski definition) is 5. The molecule has 3 rings (SSSR count). The molecule has 0 saturated carbocycles. The summed E-state index contributed by atoms with van der Waals surface area (Å²) < 4.78 is 24.1. The molecule has 1 saturated heterocycles. The van der Waals surface area contributed by atoms with Crippen molar-refractivity contribution in [2.24, 2.45) is 5.92 Å². The summed E-state index contributed by atoms with van der Waals surface area (Å²) in [6.07, 6.45) is 0.891. The Morgan fingerprint density at radius 2 is 2.17 bits per heavy atom. The SMILES string of the molecule is C[C@@H](c1nc2ccccc2s1)N(C)C(=O)C[C@H]1CCS(=O)(=O)C1. The highest BCUT2D eigenvalue weighted by Gasteiger charge is 2.31. The van der Waals surface area contributed by atoms with Crippen LogP contribution in [0.15, 0.2) is 24.3 Å². The Kier molecular flexibility index (Phi) is 4.42. The highest BCUT2D eigenvalue weighted by Crippen LogP contribution is 2.30. The zero-order chi connectivity index (χ0) is 16.6. The van der Waals surface area contributed by atoms with Crippen molar-refractivity contribution in [2.45, 2.75) is 25.8 Å². The molecule has 5 nitrogen and oxygen atoms in total. The van der Waals surface area contributed by atoms with Gasteiger partial charge in [0.05, 0.1) is 27.8 Å². The van der Waals surface area contributed by atoms with Gasteiger partial charge in [0.15, 0.2) is 9.84 Å². The van der Waals surface area contributed by atoms with Crippen molar-refractivity contribution in [2.75, 3.05) is 18.6 Å². The van der Waals surface area contributed by atoms with Gasteiger partial charge in [0, 0.05) is 13.5 Å². The van der Waals surface area contributed by atoms with Gasteiger partial charge in [-0.25, -0.2) is 13.4 Å². The Bertz CT molecular complexity index is 796. The largest absolute Gasteiger partial charge is 0.337 e. The fourth-order valence-corrected chi connectivity index (χ4v) is 5.80. The number of benzene rings is 1. The molecule has 0 aliphatic carbocycles. The number of carbonyl (C=O) groups excluding carboxylic acids is 1. The summed E-state index contributed by atoms with van der Waals surface area (Å²) in [6.45, 7) is 1.96. The van der Waals surface area contributed by atoms with E-state index in [1.54, 1.807) is 23.3 Å². The Morgan fingerprint density at radius 1 is 1.43 bits per heavy atom. The molecular weight excluding hydrogens is 332 g/mol. The number of rotatable bonds is 4. The summed E-state index contributed by atoms with van der Waals surface area (Å²) in [5, 5.41) is 0.904. The zero-order valence-electron chi connectivity index (χ0n) is 13.2. The third-order valence-electron chi connectivity index (χ3n) is 4.43. The minimum Gasteiger partial charge on any atom is -0.337 e. The number of fused-ring (bicyclic) bond motifs is 1. The lowest BCUT2D eigenvalue weighted by Crippen LogP contribution is -2.31. The van der Waals surface area contributed by atoms with Gasteiger partial charge in [-0.15, -0.1) is 11.3 Å². The molecule has 23 heavy (non-hydrogen) atoms. The van der Waals surface area contributed by atoms with E-state index in [2.05, 4.69) is 4.98 Å². The van der Waals surface area contributed by atoms with E-state index < -0.39 is 9.84 Å². The monoisotopic (exact) mass is 352 g/mol. The second-order valence-corrected chi connectivity index (χ2v) is 9.46. The maximum Gasteiger partial charge on any atom is 0.223 e. The van der Waals surface area contributed by atoms with Crippen molar-refractivity contribution in [3.63, 3.8) is 0 Å². The molecule has 2 heterocycles. The Morgan fingerprint density at radius 3 is 2.83 bits per heavy atom. The highest BCUT2D eigenvalue weighted by molar-refractivity contribution is 7.91. The summed E-state index contributed by atoms with van der Waals surface area (Å²) >= 11 is 1.59. The van der Waals surface area contributed by atoms with Crippen molar-refractivity contribution < 1.29 is 13.2 Å². The number of carbonyl (C=O) groups is 1. The first kappa shape index (κ1) is 16.4. The predicted molar refractivity (Wildman–Crippen MR) is 92.2 cm³/mol. The van der Waals surface area contributed by atoms with Gasteiger partial charge in [-0.2, -0.15) is 0 Å². The molecule has 7 heteroatoms. The number of thiazole rings is 1. The van der Waals surface area contributed by atoms with Gasteiger partial charge in [0.2, 0.25) is 5.91 Å². The van der Waals surface area contributed by atoms with Crippen LogP contribution in [0.4, 0.5) is 0 Å². The minimum atomic E-state index is -2.94. The van der Waals surface area contributed by atoms with Gasteiger partial charge in [-0.05, 0) is 31.4 Å². The lowest BCUT2D eigenvalue weighted by Gasteiger charge is -2.24. The Labute approximate surface area is 140 Å². The molecule has 124 valence electrons. The van der Waals surface area contributed by atoms with Crippen LogP contribution in [0.3, 0.4) is 0 Å². The van der Waals surface area contributed by atoms with E-state index in [1.165, 1.54) is 0 Å². The molecule has 0 N–H and O–H groups in total. The smallest absolute Gasteiger partial charge is 0.223 e. The topological polar surface area (TPSA) is 67.3 Å². The van der Waals surface area contributed by atoms with Crippen LogP contribution in [0.25, 0.3) is 10.2 Å². The molecular formula is C16H20N2O3S2. The third-order valence-corrected chi connectivity index (χ3v) is 7.48. The fraction of sp³-hybridized carbons (Fsp3) is 0.500. The standard InChI is InChI=1S/C16H20N2O3S2/c1-11(16-17-13-5-3-4-6-14(13)22-16)18(2)15(19)9-12-7-8-23(20,21)10-12/h3-6,11-12H,7-10H2,1-2H3/t11-,12+/m0/s1. The number of nitrogens with zero attached hydrogens (tertiary/aromatic N) is 2. The van der Waals surface area contributed by atoms with E-state index in [4.69, 9.17) is 0 Å². The highest BCUT2D eigenvalue weighted by atomic mass is 32.2. The van der Waals surface area contributed by atoms with Crippen LogP contribution >= 0.6 is 11.3 Å². The molecule has 0 unspecified atom stereocenters. The van der Waals surface area contributed by atoms with Crippen LogP contribution in [0.5, 0.6) is 0 Å². The second kappa shape index (κ2) is 6.20. The fourth-order valence-electron chi connectivity index (χ4n) is 2.87. The van der Waals surface area contributed by atoms with Crippen LogP contribution in [0.1, 0.15) is 30.8 Å². The third kappa shape index (κ3) is 3.55. The molecule has 0 bridgehead atoms. The van der Waals surface area contributed by atoms with Crippen LogP contribution in [0.2, 0.25) is 0 Å². The first-order chi connectivity index (χ1) is 10.9. The van der Waals surface area contributed by atoms with E-state index >= 15 is 0 Å². The molecule has 0 radical (unpaired) electrons. The number of para-hydroxylation sites is 1. The molecule has 1 amide bonds. The summed E-state index contributed by atoms with van der Waals surface area (Å²) in [4.78, 5) is 18.7. The van der Waals surface area contributed by atoms with Gasteiger partial charge in [-0.3, -0.25) is 4.79 Å². The van der Waals surface area contributed by atoms with E-state index in [9.17, 15) is 13.2 Å².